The first-order chi connectivity index (χ1) is 16.7. The van der Waals surface area contributed by atoms with E-state index in [1.165, 1.54) is 23.2 Å². The van der Waals surface area contributed by atoms with Gasteiger partial charge in [0, 0.05) is 30.6 Å². The Morgan fingerprint density at radius 1 is 1.11 bits per heavy atom. The van der Waals surface area contributed by atoms with Crippen molar-refractivity contribution in [2.75, 3.05) is 6.61 Å². The summed E-state index contributed by atoms with van der Waals surface area (Å²) in [6.45, 7) is 3.85. The van der Waals surface area contributed by atoms with Crippen LogP contribution in [0, 0.1) is 0 Å². The monoisotopic (exact) mass is 506 g/mol. The van der Waals surface area contributed by atoms with Crippen LogP contribution < -0.4 is 4.74 Å². The maximum absolute atomic E-state index is 13.4. The van der Waals surface area contributed by atoms with E-state index in [9.17, 15) is 22.8 Å². The van der Waals surface area contributed by atoms with Gasteiger partial charge in [-0.25, -0.2) is 9.78 Å². The SMILES string of the molecule is CCCCOC(=O)N(Cc1cccc(-c2cc(C(F)(F)F)ccc2OC(C)=O)c1)Cc1nccs1. The van der Waals surface area contributed by atoms with Crippen LogP contribution in [0.5, 0.6) is 5.75 Å². The smallest absolute Gasteiger partial charge is 0.416 e. The third-order valence-electron chi connectivity index (χ3n) is 4.96. The average Bonchev–Trinajstić information content (AvgIpc) is 3.31. The second-order valence-electron chi connectivity index (χ2n) is 7.75. The predicted octanol–water partition coefficient (Wildman–Crippen LogP) is 6.69. The molecule has 0 fully saturated rings. The van der Waals surface area contributed by atoms with Crippen molar-refractivity contribution in [1.82, 2.24) is 9.88 Å². The van der Waals surface area contributed by atoms with Crippen molar-refractivity contribution in [3.05, 3.63) is 70.2 Å². The van der Waals surface area contributed by atoms with Crippen LogP contribution in [0.15, 0.2) is 54.0 Å². The summed E-state index contributed by atoms with van der Waals surface area (Å²) in [6, 6.07) is 9.67. The minimum atomic E-state index is -4.56. The molecular formula is C25H25F3N2O4S. The van der Waals surface area contributed by atoms with E-state index in [0.717, 1.165) is 36.0 Å². The zero-order valence-corrected chi connectivity index (χ0v) is 20.1. The van der Waals surface area contributed by atoms with Crippen LogP contribution in [0.1, 0.15) is 42.8 Å². The number of aromatic nitrogens is 1. The zero-order valence-electron chi connectivity index (χ0n) is 19.3. The minimum Gasteiger partial charge on any atom is -0.449 e. The van der Waals surface area contributed by atoms with Gasteiger partial charge in [-0.05, 0) is 41.8 Å². The van der Waals surface area contributed by atoms with Gasteiger partial charge < -0.3 is 9.47 Å². The van der Waals surface area contributed by atoms with Crippen molar-refractivity contribution >= 4 is 23.4 Å². The molecule has 1 amide bonds. The van der Waals surface area contributed by atoms with Gasteiger partial charge in [0.25, 0.3) is 0 Å². The van der Waals surface area contributed by atoms with Crippen LogP contribution in [0.25, 0.3) is 11.1 Å². The number of alkyl halides is 3. The Bertz CT molecular complexity index is 1150. The van der Waals surface area contributed by atoms with Crippen LogP contribution in [-0.2, 0) is 28.8 Å². The highest BCUT2D eigenvalue weighted by molar-refractivity contribution is 7.09. The first-order valence-electron chi connectivity index (χ1n) is 11.0. The Morgan fingerprint density at radius 2 is 1.91 bits per heavy atom. The van der Waals surface area contributed by atoms with E-state index < -0.39 is 23.8 Å². The van der Waals surface area contributed by atoms with E-state index in [1.807, 2.05) is 6.92 Å². The highest BCUT2D eigenvalue weighted by Crippen LogP contribution is 2.37. The second-order valence-corrected chi connectivity index (χ2v) is 8.73. The molecule has 0 unspecified atom stereocenters. The summed E-state index contributed by atoms with van der Waals surface area (Å²) in [5.41, 5.74) is 0.337. The van der Waals surface area contributed by atoms with Crippen molar-refractivity contribution in [1.29, 1.82) is 0 Å². The molecule has 2 aromatic carbocycles. The number of hydrogen-bond acceptors (Lipinski definition) is 6. The van der Waals surface area contributed by atoms with Gasteiger partial charge in [0.2, 0.25) is 0 Å². The summed E-state index contributed by atoms with van der Waals surface area (Å²) >= 11 is 1.40. The van der Waals surface area contributed by atoms with Crippen LogP contribution in [-0.4, -0.2) is 28.6 Å². The molecule has 0 saturated heterocycles. The summed E-state index contributed by atoms with van der Waals surface area (Å²) in [4.78, 5) is 30.0. The van der Waals surface area contributed by atoms with Crippen molar-refractivity contribution in [3.63, 3.8) is 0 Å². The fourth-order valence-corrected chi connectivity index (χ4v) is 3.94. The summed E-state index contributed by atoms with van der Waals surface area (Å²) < 4.78 is 50.6. The summed E-state index contributed by atoms with van der Waals surface area (Å²) in [5, 5.41) is 2.53. The number of thiazole rings is 1. The van der Waals surface area contributed by atoms with Crippen LogP contribution >= 0.6 is 11.3 Å². The lowest BCUT2D eigenvalue weighted by Gasteiger charge is -2.22. The number of benzene rings is 2. The Kier molecular flexibility index (Phi) is 8.86. The molecule has 1 aromatic heterocycles. The van der Waals surface area contributed by atoms with Gasteiger partial charge in [-0.15, -0.1) is 11.3 Å². The van der Waals surface area contributed by atoms with Crippen molar-refractivity contribution < 1.29 is 32.2 Å². The quantitative estimate of drug-likeness (QED) is 0.184. The predicted molar refractivity (Wildman–Crippen MR) is 126 cm³/mol. The fourth-order valence-electron chi connectivity index (χ4n) is 3.31. The minimum absolute atomic E-state index is 0.0151. The molecule has 0 N–H and O–H groups in total. The number of esters is 1. The molecule has 10 heteroatoms. The van der Waals surface area contributed by atoms with Crippen LogP contribution in [0.2, 0.25) is 0 Å². The molecule has 0 spiro atoms. The van der Waals surface area contributed by atoms with E-state index in [0.29, 0.717) is 17.7 Å². The number of rotatable bonds is 9. The Morgan fingerprint density at radius 3 is 2.57 bits per heavy atom. The molecule has 186 valence electrons. The van der Waals surface area contributed by atoms with Gasteiger partial charge in [0.05, 0.1) is 18.7 Å². The number of halogens is 3. The lowest BCUT2D eigenvalue weighted by molar-refractivity contribution is -0.137. The first kappa shape index (κ1) is 26.2. The standard InChI is InChI=1S/C25H25F3N2O4S/c1-3-4-11-33-24(32)30(16-23-29-10-12-35-23)15-18-6-5-7-19(13-18)21-14-20(25(26,27)28)8-9-22(21)34-17(2)31/h5-10,12-14H,3-4,11,15-16H2,1-2H3. The van der Waals surface area contributed by atoms with Gasteiger partial charge in [-0.1, -0.05) is 31.5 Å². The second kappa shape index (κ2) is 11.8. The molecule has 35 heavy (non-hydrogen) atoms. The molecule has 0 saturated carbocycles. The van der Waals surface area contributed by atoms with E-state index in [4.69, 9.17) is 9.47 Å². The third kappa shape index (κ3) is 7.54. The van der Waals surface area contributed by atoms with Gasteiger partial charge >= 0.3 is 18.2 Å². The highest BCUT2D eigenvalue weighted by Gasteiger charge is 2.31. The Hall–Kier alpha value is -3.40. The van der Waals surface area contributed by atoms with Gasteiger partial charge in [-0.3, -0.25) is 9.69 Å². The van der Waals surface area contributed by atoms with E-state index in [2.05, 4.69) is 4.98 Å². The molecule has 0 aliphatic rings. The van der Waals surface area contributed by atoms with Crippen LogP contribution in [0.4, 0.5) is 18.0 Å². The molecule has 6 nitrogen and oxygen atoms in total. The van der Waals surface area contributed by atoms with E-state index >= 15 is 0 Å². The fraction of sp³-hybridized carbons (Fsp3) is 0.320. The molecule has 0 aliphatic heterocycles. The highest BCUT2D eigenvalue weighted by atomic mass is 32.1. The number of carbonyl (C=O) groups excluding carboxylic acids is 2. The number of amides is 1. The number of unbranched alkanes of at least 4 members (excludes halogenated alkanes) is 1. The topological polar surface area (TPSA) is 68.7 Å². The van der Waals surface area contributed by atoms with Gasteiger partial charge in [-0.2, -0.15) is 13.2 Å². The maximum atomic E-state index is 13.4. The zero-order chi connectivity index (χ0) is 25.4. The molecule has 0 bridgehead atoms. The summed E-state index contributed by atoms with van der Waals surface area (Å²) in [5.74, 6) is -0.632. The van der Waals surface area contributed by atoms with Crippen LogP contribution in [0.3, 0.4) is 0 Å². The molecule has 3 rings (SSSR count). The molecule has 0 atom stereocenters. The van der Waals surface area contributed by atoms with Crippen molar-refractivity contribution in [2.24, 2.45) is 0 Å². The number of carbonyl (C=O) groups is 2. The normalized spacial score (nSPS) is 11.2. The largest absolute Gasteiger partial charge is 0.449 e. The van der Waals surface area contributed by atoms with Gasteiger partial charge in [0.15, 0.2) is 0 Å². The lowest BCUT2D eigenvalue weighted by Crippen LogP contribution is -2.31. The Balaban J connectivity index is 1.92. The average molecular weight is 507 g/mol. The maximum Gasteiger partial charge on any atom is 0.416 e. The Labute approximate surface area is 205 Å². The van der Waals surface area contributed by atoms with Crippen molar-refractivity contribution in [2.45, 2.75) is 46.0 Å². The van der Waals surface area contributed by atoms with E-state index in [-0.39, 0.29) is 24.4 Å². The molecule has 0 aliphatic carbocycles. The van der Waals surface area contributed by atoms with E-state index in [1.54, 1.807) is 35.8 Å². The number of ether oxygens (including phenoxy) is 2. The molecule has 0 radical (unpaired) electrons. The van der Waals surface area contributed by atoms with Gasteiger partial charge in [0.1, 0.15) is 10.8 Å². The summed E-state index contributed by atoms with van der Waals surface area (Å²) in [6.07, 6.45) is -1.80. The summed E-state index contributed by atoms with van der Waals surface area (Å²) in [7, 11) is 0. The molecule has 1 heterocycles. The first-order valence-corrected chi connectivity index (χ1v) is 11.8. The number of hydrogen-bond donors (Lipinski definition) is 0. The lowest BCUT2D eigenvalue weighted by atomic mass is 9.99. The molecular weight excluding hydrogens is 481 g/mol. The number of nitrogens with zero attached hydrogens (tertiary/aromatic N) is 2. The van der Waals surface area contributed by atoms with Crippen molar-refractivity contribution in [3.8, 4) is 16.9 Å². The third-order valence-corrected chi connectivity index (χ3v) is 5.73. The molecule has 3 aromatic rings.